The average molecular weight is 357 g/mol. The summed E-state index contributed by atoms with van der Waals surface area (Å²) in [5.74, 6) is 0.651. The highest BCUT2D eigenvalue weighted by atomic mass is 35.5. The van der Waals surface area contributed by atoms with Gasteiger partial charge in [0, 0.05) is 31.3 Å². The number of nitrogens with two attached hydrogens (primary N) is 1. The van der Waals surface area contributed by atoms with Crippen molar-refractivity contribution in [3.63, 3.8) is 0 Å². The number of methoxy groups -OCH3 is 1. The molecule has 0 radical (unpaired) electrons. The number of halogens is 1. The first kappa shape index (κ1) is 20.7. The Morgan fingerprint density at radius 2 is 2.12 bits per heavy atom. The maximum Gasteiger partial charge on any atom is 0.227 e. The van der Waals surface area contributed by atoms with Crippen LogP contribution in [0.5, 0.6) is 5.75 Å². The van der Waals surface area contributed by atoms with E-state index in [1.54, 1.807) is 7.11 Å². The number of carbonyl (C=O) groups is 1. The van der Waals surface area contributed by atoms with Crippen molar-refractivity contribution in [2.75, 3.05) is 20.3 Å². The third-order valence-corrected chi connectivity index (χ3v) is 4.49. The number of hydrogen-bond donors (Lipinski definition) is 1. The zero-order valence-corrected chi connectivity index (χ0v) is 15.6. The van der Waals surface area contributed by atoms with Gasteiger partial charge in [-0.2, -0.15) is 0 Å². The van der Waals surface area contributed by atoms with Crippen molar-refractivity contribution in [1.29, 1.82) is 0 Å². The van der Waals surface area contributed by atoms with Crippen LogP contribution in [-0.4, -0.2) is 43.2 Å². The maximum absolute atomic E-state index is 12.8. The van der Waals surface area contributed by atoms with E-state index in [-0.39, 0.29) is 36.4 Å². The fourth-order valence-corrected chi connectivity index (χ4v) is 2.82. The first-order chi connectivity index (χ1) is 11.0. The van der Waals surface area contributed by atoms with Crippen molar-refractivity contribution in [1.82, 2.24) is 4.90 Å². The van der Waals surface area contributed by atoms with Crippen LogP contribution in [0.2, 0.25) is 0 Å². The van der Waals surface area contributed by atoms with Crippen LogP contribution < -0.4 is 10.5 Å². The van der Waals surface area contributed by atoms with Gasteiger partial charge in [-0.3, -0.25) is 4.79 Å². The van der Waals surface area contributed by atoms with Crippen molar-refractivity contribution in [2.24, 2.45) is 11.7 Å². The highest BCUT2D eigenvalue weighted by Crippen LogP contribution is 2.22. The number of amides is 1. The molecule has 1 aromatic rings. The fraction of sp³-hybridized carbons (Fsp3) is 0.611. The van der Waals surface area contributed by atoms with Gasteiger partial charge < -0.3 is 20.1 Å². The van der Waals surface area contributed by atoms with Gasteiger partial charge in [-0.15, -0.1) is 12.4 Å². The van der Waals surface area contributed by atoms with Crippen LogP contribution in [0.15, 0.2) is 24.3 Å². The first-order valence-corrected chi connectivity index (χ1v) is 8.30. The molecule has 2 rings (SSSR count). The molecule has 3 atom stereocenters. The lowest BCUT2D eigenvalue weighted by Crippen LogP contribution is -2.44. The lowest BCUT2D eigenvalue weighted by molar-refractivity contribution is -0.137. The average Bonchev–Trinajstić information content (AvgIpc) is 3.06. The van der Waals surface area contributed by atoms with Crippen LogP contribution >= 0.6 is 12.4 Å². The Morgan fingerprint density at radius 3 is 2.71 bits per heavy atom. The number of para-hydroxylation sites is 1. The van der Waals surface area contributed by atoms with Crippen molar-refractivity contribution >= 4 is 18.3 Å². The van der Waals surface area contributed by atoms with Crippen molar-refractivity contribution in [3.05, 3.63) is 29.8 Å². The van der Waals surface area contributed by atoms with E-state index >= 15 is 0 Å². The molecule has 5 nitrogen and oxygen atoms in total. The van der Waals surface area contributed by atoms with Gasteiger partial charge >= 0.3 is 0 Å². The van der Waals surface area contributed by atoms with E-state index in [1.165, 1.54) is 0 Å². The van der Waals surface area contributed by atoms with Gasteiger partial charge in [0.15, 0.2) is 0 Å². The molecule has 3 unspecified atom stereocenters. The van der Waals surface area contributed by atoms with Crippen molar-refractivity contribution in [3.8, 4) is 5.75 Å². The number of ether oxygens (including phenoxy) is 2. The number of rotatable bonds is 7. The molecular formula is C18H29ClN2O3. The van der Waals surface area contributed by atoms with E-state index in [0.29, 0.717) is 13.1 Å². The van der Waals surface area contributed by atoms with E-state index < -0.39 is 0 Å². The summed E-state index contributed by atoms with van der Waals surface area (Å²) in [6.45, 7) is 5.66. The third kappa shape index (κ3) is 5.36. The SMILES string of the molecule is COc1ccccc1CN(CC1CCCO1)C(=O)C(C)C(C)N.Cl. The predicted octanol–water partition coefficient (Wildman–Crippen LogP) is 2.61. The molecule has 24 heavy (non-hydrogen) atoms. The second-order valence-corrected chi connectivity index (χ2v) is 6.31. The van der Waals surface area contributed by atoms with E-state index in [9.17, 15) is 4.79 Å². The van der Waals surface area contributed by atoms with Gasteiger partial charge in [0.05, 0.1) is 19.1 Å². The number of benzene rings is 1. The summed E-state index contributed by atoms with van der Waals surface area (Å²) in [5.41, 5.74) is 6.93. The van der Waals surface area contributed by atoms with Crippen molar-refractivity contribution < 1.29 is 14.3 Å². The number of carbonyl (C=O) groups excluding carboxylic acids is 1. The smallest absolute Gasteiger partial charge is 0.227 e. The van der Waals surface area contributed by atoms with Gasteiger partial charge in [0.25, 0.3) is 0 Å². The summed E-state index contributed by atoms with van der Waals surface area (Å²) in [6.07, 6.45) is 2.18. The quantitative estimate of drug-likeness (QED) is 0.815. The highest BCUT2D eigenvalue weighted by Gasteiger charge is 2.28. The van der Waals surface area contributed by atoms with Crippen LogP contribution in [0, 0.1) is 5.92 Å². The summed E-state index contributed by atoms with van der Waals surface area (Å²) in [7, 11) is 1.65. The summed E-state index contributed by atoms with van der Waals surface area (Å²) in [6, 6.07) is 7.62. The van der Waals surface area contributed by atoms with Crippen LogP contribution in [0.1, 0.15) is 32.3 Å². The molecule has 0 aliphatic carbocycles. The molecular weight excluding hydrogens is 328 g/mol. The van der Waals surface area contributed by atoms with E-state index in [2.05, 4.69) is 0 Å². The largest absolute Gasteiger partial charge is 0.496 e. The maximum atomic E-state index is 12.8. The molecule has 1 aliphatic rings. The molecule has 0 spiro atoms. The Balaban J connectivity index is 0.00000288. The topological polar surface area (TPSA) is 64.8 Å². The predicted molar refractivity (Wildman–Crippen MR) is 97.4 cm³/mol. The molecule has 1 amide bonds. The Kier molecular flexibility index (Phi) is 8.53. The lowest BCUT2D eigenvalue weighted by atomic mass is 10.0. The van der Waals surface area contributed by atoms with Gasteiger partial charge in [-0.1, -0.05) is 25.1 Å². The second-order valence-electron chi connectivity index (χ2n) is 6.31. The zero-order valence-electron chi connectivity index (χ0n) is 14.7. The molecule has 1 saturated heterocycles. The molecule has 2 N–H and O–H groups in total. The number of hydrogen-bond acceptors (Lipinski definition) is 4. The highest BCUT2D eigenvalue weighted by molar-refractivity contribution is 5.85. The third-order valence-electron chi connectivity index (χ3n) is 4.49. The summed E-state index contributed by atoms with van der Waals surface area (Å²) >= 11 is 0. The standard InChI is InChI=1S/C18H28N2O3.ClH/c1-13(14(2)19)18(21)20(12-16-8-6-10-23-16)11-15-7-4-5-9-17(15)22-3;/h4-5,7,9,13-14,16H,6,8,10-12,19H2,1-3H3;1H. The zero-order chi connectivity index (χ0) is 16.8. The molecule has 0 aromatic heterocycles. The monoisotopic (exact) mass is 356 g/mol. The molecule has 0 saturated carbocycles. The van der Waals surface area contributed by atoms with Gasteiger partial charge in [0.1, 0.15) is 5.75 Å². The van der Waals surface area contributed by atoms with Gasteiger partial charge in [-0.05, 0) is 25.8 Å². The Morgan fingerprint density at radius 1 is 1.42 bits per heavy atom. The van der Waals surface area contributed by atoms with Gasteiger partial charge in [-0.25, -0.2) is 0 Å². The van der Waals surface area contributed by atoms with E-state index in [1.807, 2.05) is 43.0 Å². The first-order valence-electron chi connectivity index (χ1n) is 8.30. The Hall–Kier alpha value is -1.30. The summed E-state index contributed by atoms with van der Waals surface area (Å²) in [4.78, 5) is 14.7. The lowest BCUT2D eigenvalue weighted by Gasteiger charge is -2.30. The summed E-state index contributed by atoms with van der Waals surface area (Å²) < 4.78 is 11.1. The minimum atomic E-state index is -0.217. The molecule has 1 heterocycles. The van der Waals surface area contributed by atoms with Gasteiger partial charge in [0.2, 0.25) is 5.91 Å². The fourth-order valence-electron chi connectivity index (χ4n) is 2.82. The minimum Gasteiger partial charge on any atom is -0.496 e. The van der Waals surface area contributed by atoms with Crippen LogP contribution in [0.25, 0.3) is 0 Å². The van der Waals surface area contributed by atoms with Crippen LogP contribution in [0.3, 0.4) is 0 Å². The number of nitrogens with zero attached hydrogens (tertiary/aromatic N) is 1. The Labute approximate surface area is 150 Å². The van der Waals surface area contributed by atoms with E-state index in [4.69, 9.17) is 15.2 Å². The summed E-state index contributed by atoms with van der Waals surface area (Å²) in [5, 5.41) is 0. The molecule has 0 bridgehead atoms. The molecule has 136 valence electrons. The van der Waals surface area contributed by atoms with Crippen molar-refractivity contribution in [2.45, 2.75) is 45.4 Å². The van der Waals surface area contributed by atoms with Crippen LogP contribution in [0.4, 0.5) is 0 Å². The molecule has 1 fully saturated rings. The molecule has 6 heteroatoms. The normalized spacial score (nSPS) is 19.2. The Bertz CT molecular complexity index is 519. The molecule has 1 aromatic carbocycles. The second kappa shape index (κ2) is 9.87. The minimum absolute atomic E-state index is 0. The van der Waals surface area contributed by atoms with Crippen LogP contribution in [-0.2, 0) is 16.1 Å². The molecule has 1 aliphatic heterocycles. The van der Waals surface area contributed by atoms with E-state index in [0.717, 1.165) is 30.8 Å².